The molecule has 2 fully saturated rings. The van der Waals surface area contributed by atoms with Gasteiger partial charge in [-0.3, -0.25) is 19.5 Å². The van der Waals surface area contributed by atoms with E-state index in [0.717, 1.165) is 61.9 Å². The highest BCUT2D eigenvalue weighted by Gasteiger charge is 2.49. The van der Waals surface area contributed by atoms with E-state index in [9.17, 15) is 18.0 Å². The average molecular weight is 660 g/mol. The van der Waals surface area contributed by atoms with Crippen LogP contribution in [0.4, 0.5) is 5.88 Å². The van der Waals surface area contributed by atoms with Gasteiger partial charge in [-0.2, -0.15) is 0 Å². The summed E-state index contributed by atoms with van der Waals surface area (Å²) < 4.78 is 35.5. The number of nitrogens with one attached hydrogen (secondary N) is 1. The Kier molecular flexibility index (Phi) is 8.80. The molecule has 2 aromatic carbocycles. The molecule has 0 bridgehead atoms. The Morgan fingerprint density at radius 1 is 1.00 bits per heavy atom. The zero-order chi connectivity index (χ0) is 33.6. The summed E-state index contributed by atoms with van der Waals surface area (Å²) >= 11 is 0. The Morgan fingerprint density at radius 2 is 1.74 bits per heavy atom. The quantitative estimate of drug-likeness (QED) is 0.243. The average Bonchev–Trinajstić information content (AvgIpc) is 3.76. The molecule has 47 heavy (non-hydrogen) atoms. The van der Waals surface area contributed by atoms with Crippen molar-refractivity contribution >= 4 is 33.6 Å². The SMILES string of the molecule is CCCCC1=NC2(CCCC2)C(=O)N1Cc1ccc(-c2ccccc2S(=O)(=O)Nc2onc(C)c2C)c(CN2CC(C)(C)CC2=O)c1. The largest absolute Gasteiger partial charge is 0.338 e. The Labute approximate surface area is 277 Å². The van der Waals surface area contributed by atoms with Gasteiger partial charge in [-0.05, 0) is 61.3 Å². The van der Waals surface area contributed by atoms with Crippen LogP contribution < -0.4 is 4.72 Å². The van der Waals surface area contributed by atoms with Crippen LogP contribution in [0.1, 0.15) is 94.5 Å². The molecule has 6 rings (SSSR count). The second-order valence-corrected chi connectivity index (χ2v) is 15.8. The van der Waals surface area contributed by atoms with Crippen LogP contribution in [0.25, 0.3) is 11.1 Å². The highest BCUT2D eigenvalue weighted by atomic mass is 32.2. The van der Waals surface area contributed by atoms with Gasteiger partial charge in [0.15, 0.2) is 0 Å². The first-order chi connectivity index (χ1) is 22.3. The molecule has 1 spiro atoms. The molecule has 3 aromatic rings. The van der Waals surface area contributed by atoms with Crippen molar-refractivity contribution in [1.82, 2.24) is 15.0 Å². The summed E-state index contributed by atoms with van der Waals surface area (Å²) in [5, 5.41) is 3.89. The van der Waals surface area contributed by atoms with E-state index in [1.807, 2.05) is 28.0 Å². The number of hydrogen-bond acceptors (Lipinski definition) is 7. The monoisotopic (exact) mass is 659 g/mol. The number of nitrogens with zero attached hydrogens (tertiary/aromatic N) is 4. The maximum Gasteiger partial charge on any atom is 0.264 e. The molecular formula is C36H45N5O5S. The van der Waals surface area contributed by atoms with E-state index in [2.05, 4.69) is 30.6 Å². The summed E-state index contributed by atoms with van der Waals surface area (Å²) in [6.07, 6.45) is 6.79. The number of aromatic nitrogens is 1. The number of carbonyl (C=O) groups is 2. The molecular weight excluding hydrogens is 614 g/mol. The van der Waals surface area contributed by atoms with Crippen molar-refractivity contribution in [2.24, 2.45) is 10.4 Å². The summed E-state index contributed by atoms with van der Waals surface area (Å²) in [7, 11) is -4.07. The highest BCUT2D eigenvalue weighted by molar-refractivity contribution is 7.92. The summed E-state index contributed by atoms with van der Waals surface area (Å²) in [5.41, 5.74) is 3.38. The molecule has 1 N–H and O–H groups in total. The van der Waals surface area contributed by atoms with Gasteiger partial charge in [0, 0.05) is 37.1 Å². The number of amides is 2. The normalized spacial score (nSPS) is 18.9. The first-order valence-corrected chi connectivity index (χ1v) is 18.2. The molecule has 11 heteroatoms. The minimum absolute atomic E-state index is 0.0666. The molecule has 2 amide bonds. The van der Waals surface area contributed by atoms with Crippen molar-refractivity contribution in [1.29, 1.82) is 0 Å². The van der Waals surface area contributed by atoms with Gasteiger partial charge in [0.05, 0.1) is 17.1 Å². The number of amidine groups is 1. The van der Waals surface area contributed by atoms with Crippen molar-refractivity contribution in [3.63, 3.8) is 0 Å². The Hall–Kier alpha value is -3.99. The van der Waals surface area contributed by atoms with Gasteiger partial charge < -0.3 is 9.42 Å². The number of aryl methyl sites for hydroxylation is 1. The lowest BCUT2D eigenvalue weighted by atomic mass is 9.93. The van der Waals surface area contributed by atoms with E-state index in [1.165, 1.54) is 0 Å². The zero-order valence-electron chi connectivity index (χ0n) is 28.1. The number of likely N-dealkylation sites (tertiary alicyclic amines) is 1. The van der Waals surface area contributed by atoms with E-state index in [1.54, 1.807) is 38.1 Å². The molecule has 3 aliphatic rings. The fraction of sp³-hybridized carbons (Fsp3) is 0.500. The fourth-order valence-corrected chi connectivity index (χ4v) is 8.43. The second-order valence-electron chi connectivity index (χ2n) is 14.2. The van der Waals surface area contributed by atoms with Crippen LogP contribution in [0, 0.1) is 19.3 Å². The number of unbranched alkanes of at least 4 members (excludes halogenated alkanes) is 1. The van der Waals surface area contributed by atoms with Crippen LogP contribution in [0.15, 0.2) is 56.9 Å². The fourth-order valence-electron chi connectivity index (χ4n) is 7.16. The van der Waals surface area contributed by atoms with Crippen LogP contribution in [0.5, 0.6) is 0 Å². The van der Waals surface area contributed by atoms with Gasteiger partial charge in [-0.25, -0.2) is 13.1 Å². The van der Waals surface area contributed by atoms with Crippen LogP contribution in [-0.2, 0) is 32.7 Å². The zero-order valence-corrected chi connectivity index (χ0v) is 28.9. The lowest BCUT2D eigenvalue weighted by molar-refractivity contribution is -0.131. The number of anilines is 1. The van der Waals surface area contributed by atoms with Gasteiger partial charge in [-0.15, -0.1) is 0 Å². The van der Waals surface area contributed by atoms with Crippen LogP contribution in [-0.4, -0.2) is 53.1 Å². The first kappa shape index (κ1) is 32.9. The number of sulfonamides is 1. The molecule has 0 atom stereocenters. The molecule has 1 saturated carbocycles. The molecule has 10 nitrogen and oxygen atoms in total. The third-order valence-corrected chi connectivity index (χ3v) is 11.2. The van der Waals surface area contributed by atoms with Gasteiger partial charge in [0.2, 0.25) is 11.8 Å². The Morgan fingerprint density at radius 3 is 2.40 bits per heavy atom. The predicted octanol–water partition coefficient (Wildman–Crippen LogP) is 6.76. The predicted molar refractivity (Wildman–Crippen MR) is 181 cm³/mol. The minimum atomic E-state index is -4.07. The molecule has 1 aliphatic carbocycles. The van der Waals surface area contributed by atoms with Gasteiger partial charge in [0.1, 0.15) is 11.4 Å². The molecule has 0 unspecified atom stereocenters. The third-order valence-electron chi connectivity index (χ3n) is 9.81. The van der Waals surface area contributed by atoms with Crippen LogP contribution in [0.2, 0.25) is 0 Å². The number of aliphatic imine (C=N–C) groups is 1. The molecule has 0 radical (unpaired) electrons. The van der Waals surface area contributed by atoms with Crippen molar-refractivity contribution < 1.29 is 22.5 Å². The number of carbonyl (C=O) groups excluding carboxylic acids is 2. The molecule has 2 aliphatic heterocycles. The number of hydrogen-bond donors (Lipinski definition) is 1. The van der Waals surface area contributed by atoms with E-state index in [-0.39, 0.29) is 28.0 Å². The van der Waals surface area contributed by atoms with Gasteiger partial charge in [0.25, 0.3) is 15.9 Å². The smallest absolute Gasteiger partial charge is 0.264 e. The first-order valence-electron chi connectivity index (χ1n) is 16.7. The number of benzene rings is 2. The summed E-state index contributed by atoms with van der Waals surface area (Å²) in [4.78, 5) is 35.9. The van der Waals surface area contributed by atoms with Crippen molar-refractivity contribution in [2.75, 3.05) is 11.3 Å². The van der Waals surface area contributed by atoms with Gasteiger partial charge in [-0.1, -0.05) is 81.6 Å². The van der Waals surface area contributed by atoms with E-state index in [0.29, 0.717) is 48.4 Å². The summed E-state index contributed by atoms with van der Waals surface area (Å²) in [6, 6.07) is 12.7. The van der Waals surface area contributed by atoms with E-state index in [4.69, 9.17) is 9.52 Å². The van der Waals surface area contributed by atoms with Crippen molar-refractivity contribution in [3.05, 3.63) is 64.8 Å². The van der Waals surface area contributed by atoms with Crippen LogP contribution in [0.3, 0.4) is 0 Å². The Balaban J connectivity index is 1.39. The van der Waals surface area contributed by atoms with Crippen LogP contribution >= 0.6 is 0 Å². The van der Waals surface area contributed by atoms with E-state index < -0.39 is 15.6 Å². The maximum absolute atomic E-state index is 13.9. The molecule has 3 heterocycles. The lowest BCUT2D eigenvalue weighted by Gasteiger charge is -2.25. The van der Waals surface area contributed by atoms with Crippen molar-refractivity contribution in [3.8, 4) is 11.1 Å². The highest BCUT2D eigenvalue weighted by Crippen LogP contribution is 2.41. The summed E-state index contributed by atoms with van der Waals surface area (Å²) in [5.74, 6) is 1.09. The van der Waals surface area contributed by atoms with Crippen molar-refractivity contribution in [2.45, 2.75) is 110 Å². The molecule has 250 valence electrons. The molecule has 1 saturated heterocycles. The van der Waals surface area contributed by atoms with E-state index >= 15 is 0 Å². The Bertz CT molecular complexity index is 1840. The molecule has 1 aromatic heterocycles. The second kappa shape index (κ2) is 12.6. The lowest BCUT2D eigenvalue weighted by Crippen LogP contribution is -2.40. The number of rotatable bonds is 11. The van der Waals surface area contributed by atoms with Gasteiger partial charge >= 0.3 is 0 Å². The topological polar surface area (TPSA) is 125 Å². The third kappa shape index (κ3) is 6.46. The summed E-state index contributed by atoms with van der Waals surface area (Å²) in [6.45, 7) is 11.1. The standard InChI is InChI=1S/C36H45N5O5S/c1-6-7-14-31-37-36(17-10-11-18-36)34(43)41(31)21-26-15-16-28(27(19-26)22-40-23-35(4,5)20-32(40)42)29-12-8-9-13-30(29)47(44,45)39-33-24(2)25(3)38-46-33/h8-9,12-13,15-16,19,39H,6-7,10-11,14,17-18,20-23H2,1-5H3. The maximum atomic E-state index is 13.9. The minimum Gasteiger partial charge on any atom is -0.338 e.